The van der Waals surface area contributed by atoms with Gasteiger partial charge < -0.3 is 20.5 Å². The first-order valence-corrected chi connectivity index (χ1v) is 7.05. The van der Waals surface area contributed by atoms with Crippen molar-refractivity contribution in [3.05, 3.63) is 29.8 Å². The maximum absolute atomic E-state index is 11.9. The molecule has 0 aliphatic heterocycles. The van der Waals surface area contributed by atoms with E-state index in [0.29, 0.717) is 11.3 Å². The Balaban J connectivity index is 1.79. The summed E-state index contributed by atoms with van der Waals surface area (Å²) in [5, 5.41) is 13.8. The zero-order chi connectivity index (χ0) is 15.9. The number of hydrogen-bond acceptors (Lipinski definition) is 4. The van der Waals surface area contributed by atoms with E-state index in [1.54, 1.807) is 24.3 Å². The van der Waals surface area contributed by atoms with Crippen LogP contribution in [-0.2, 0) is 14.3 Å². The van der Waals surface area contributed by atoms with E-state index in [9.17, 15) is 14.4 Å². The zero-order valence-corrected chi connectivity index (χ0v) is 12.0. The van der Waals surface area contributed by atoms with Crippen LogP contribution in [-0.4, -0.2) is 42.6 Å². The molecule has 1 aromatic carbocycles. The van der Waals surface area contributed by atoms with Gasteiger partial charge in [0.2, 0.25) is 5.91 Å². The highest BCUT2D eigenvalue weighted by atomic mass is 16.5. The van der Waals surface area contributed by atoms with Gasteiger partial charge in [-0.2, -0.15) is 0 Å². The number of carbonyl (C=O) groups is 3. The smallest absolute Gasteiger partial charge is 0.329 e. The number of carbonyl (C=O) groups excluding carboxylic acids is 2. The number of anilines is 1. The number of carboxylic acids is 1. The molecule has 0 spiro atoms. The summed E-state index contributed by atoms with van der Waals surface area (Å²) in [6, 6.07) is 6.67. The number of amides is 2. The first-order chi connectivity index (χ1) is 10.6. The van der Waals surface area contributed by atoms with Crippen LogP contribution in [0.25, 0.3) is 0 Å². The molecule has 7 nitrogen and oxygen atoms in total. The zero-order valence-electron chi connectivity index (χ0n) is 12.0. The predicted molar refractivity (Wildman–Crippen MR) is 78.6 cm³/mol. The van der Waals surface area contributed by atoms with Crippen LogP contribution in [0.2, 0.25) is 0 Å². The van der Waals surface area contributed by atoms with E-state index in [2.05, 4.69) is 10.6 Å². The second-order valence-corrected chi connectivity index (χ2v) is 5.05. The average Bonchev–Trinajstić information content (AvgIpc) is 3.31. The molecule has 2 amide bonds. The van der Waals surface area contributed by atoms with Crippen LogP contribution in [0, 0.1) is 5.92 Å². The Kier molecular flexibility index (Phi) is 5.48. The van der Waals surface area contributed by atoms with E-state index in [1.807, 2.05) is 0 Å². The van der Waals surface area contributed by atoms with Crippen LogP contribution in [0.15, 0.2) is 24.3 Å². The van der Waals surface area contributed by atoms with Gasteiger partial charge in [-0.3, -0.25) is 9.59 Å². The third kappa shape index (κ3) is 5.17. The molecule has 22 heavy (non-hydrogen) atoms. The molecule has 1 aromatic rings. The molecule has 1 fully saturated rings. The van der Waals surface area contributed by atoms with E-state index in [-0.39, 0.29) is 30.9 Å². The Hall–Kier alpha value is -2.41. The second-order valence-electron chi connectivity index (χ2n) is 5.05. The van der Waals surface area contributed by atoms with Gasteiger partial charge in [-0.15, -0.1) is 0 Å². The summed E-state index contributed by atoms with van der Waals surface area (Å²) in [6.07, 6.45) is 1.84. The first kappa shape index (κ1) is 16.0. The number of aliphatic carboxylic acids is 1. The standard InChI is InChI=1S/C15H18N2O5/c18-13(19)9-22-7-6-16-14(20)11-2-1-3-12(8-11)17-15(21)10-4-5-10/h1-3,8,10H,4-7,9H2,(H,16,20)(H,17,21)(H,18,19). The van der Waals surface area contributed by atoms with Crippen molar-refractivity contribution >= 4 is 23.5 Å². The molecule has 0 radical (unpaired) electrons. The minimum Gasteiger partial charge on any atom is -0.480 e. The van der Waals surface area contributed by atoms with Crippen molar-refractivity contribution in [3.63, 3.8) is 0 Å². The lowest BCUT2D eigenvalue weighted by molar-refractivity contribution is -0.142. The Morgan fingerprint density at radius 1 is 1.27 bits per heavy atom. The van der Waals surface area contributed by atoms with Gasteiger partial charge in [0.1, 0.15) is 6.61 Å². The molecule has 118 valence electrons. The van der Waals surface area contributed by atoms with Gasteiger partial charge in [0.05, 0.1) is 6.61 Å². The average molecular weight is 306 g/mol. The van der Waals surface area contributed by atoms with Crippen molar-refractivity contribution in [2.24, 2.45) is 5.92 Å². The van der Waals surface area contributed by atoms with Gasteiger partial charge in [0.25, 0.3) is 5.91 Å². The molecule has 0 bridgehead atoms. The number of nitrogens with one attached hydrogen (secondary N) is 2. The lowest BCUT2D eigenvalue weighted by Gasteiger charge is -2.08. The number of ether oxygens (including phenoxy) is 1. The number of benzene rings is 1. The van der Waals surface area contributed by atoms with Crippen molar-refractivity contribution in [2.75, 3.05) is 25.1 Å². The third-order valence-corrected chi connectivity index (χ3v) is 3.10. The minimum absolute atomic E-state index is 0.0142. The SMILES string of the molecule is O=C(O)COCCNC(=O)c1cccc(NC(=O)C2CC2)c1. The Morgan fingerprint density at radius 3 is 2.73 bits per heavy atom. The Bertz CT molecular complexity index is 569. The summed E-state index contributed by atoms with van der Waals surface area (Å²) in [5.74, 6) is -1.27. The Morgan fingerprint density at radius 2 is 2.05 bits per heavy atom. The summed E-state index contributed by atoms with van der Waals surface area (Å²) in [7, 11) is 0. The molecule has 3 N–H and O–H groups in total. The normalized spacial score (nSPS) is 13.5. The largest absolute Gasteiger partial charge is 0.480 e. The van der Waals surface area contributed by atoms with Crippen LogP contribution >= 0.6 is 0 Å². The quantitative estimate of drug-likeness (QED) is 0.618. The van der Waals surface area contributed by atoms with Crippen LogP contribution in [0.3, 0.4) is 0 Å². The van der Waals surface area contributed by atoms with E-state index < -0.39 is 12.6 Å². The second kappa shape index (κ2) is 7.56. The number of hydrogen-bond donors (Lipinski definition) is 3. The highest BCUT2D eigenvalue weighted by Crippen LogP contribution is 2.30. The lowest BCUT2D eigenvalue weighted by atomic mass is 10.2. The maximum atomic E-state index is 11.9. The van der Waals surface area contributed by atoms with Crippen LogP contribution < -0.4 is 10.6 Å². The van der Waals surface area contributed by atoms with E-state index in [4.69, 9.17) is 9.84 Å². The molecule has 0 saturated heterocycles. The van der Waals surface area contributed by atoms with E-state index in [0.717, 1.165) is 12.8 Å². The van der Waals surface area contributed by atoms with Gasteiger partial charge >= 0.3 is 5.97 Å². The molecule has 1 saturated carbocycles. The number of rotatable bonds is 8. The van der Waals surface area contributed by atoms with Gasteiger partial charge in [-0.05, 0) is 31.0 Å². The van der Waals surface area contributed by atoms with Crippen molar-refractivity contribution in [1.82, 2.24) is 5.32 Å². The molecular weight excluding hydrogens is 288 g/mol. The lowest BCUT2D eigenvalue weighted by Crippen LogP contribution is -2.28. The fraction of sp³-hybridized carbons (Fsp3) is 0.400. The molecule has 0 atom stereocenters. The highest BCUT2D eigenvalue weighted by molar-refractivity contribution is 5.98. The van der Waals surface area contributed by atoms with Gasteiger partial charge in [-0.1, -0.05) is 6.07 Å². The molecule has 0 unspecified atom stereocenters. The summed E-state index contributed by atoms with van der Waals surface area (Å²) < 4.78 is 4.82. The molecule has 7 heteroatoms. The fourth-order valence-corrected chi connectivity index (χ4v) is 1.83. The number of carboxylic acid groups (broad SMARTS) is 1. The van der Waals surface area contributed by atoms with Crippen LogP contribution in [0.4, 0.5) is 5.69 Å². The highest BCUT2D eigenvalue weighted by Gasteiger charge is 2.29. The van der Waals surface area contributed by atoms with E-state index >= 15 is 0 Å². The van der Waals surface area contributed by atoms with Crippen LogP contribution in [0.1, 0.15) is 23.2 Å². The van der Waals surface area contributed by atoms with Crippen molar-refractivity contribution < 1.29 is 24.2 Å². The summed E-state index contributed by atoms with van der Waals surface area (Å²) in [4.78, 5) is 33.9. The summed E-state index contributed by atoms with van der Waals surface area (Å²) >= 11 is 0. The minimum atomic E-state index is -1.05. The van der Waals surface area contributed by atoms with Gasteiger partial charge in [0.15, 0.2) is 0 Å². The topological polar surface area (TPSA) is 105 Å². The van der Waals surface area contributed by atoms with Crippen molar-refractivity contribution in [2.45, 2.75) is 12.8 Å². The first-order valence-electron chi connectivity index (χ1n) is 7.05. The summed E-state index contributed by atoms with van der Waals surface area (Å²) in [5.41, 5.74) is 1.01. The Labute approximate surface area is 127 Å². The molecule has 1 aliphatic carbocycles. The molecule has 0 aromatic heterocycles. The van der Waals surface area contributed by atoms with Gasteiger partial charge in [0, 0.05) is 23.7 Å². The molecule has 0 heterocycles. The van der Waals surface area contributed by atoms with Gasteiger partial charge in [-0.25, -0.2) is 4.79 Å². The van der Waals surface area contributed by atoms with Crippen molar-refractivity contribution in [3.8, 4) is 0 Å². The molecule has 1 aliphatic rings. The monoisotopic (exact) mass is 306 g/mol. The molecule has 2 rings (SSSR count). The third-order valence-electron chi connectivity index (χ3n) is 3.10. The van der Waals surface area contributed by atoms with Crippen LogP contribution in [0.5, 0.6) is 0 Å². The fourth-order valence-electron chi connectivity index (χ4n) is 1.83. The molecular formula is C15H18N2O5. The van der Waals surface area contributed by atoms with E-state index in [1.165, 1.54) is 0 Å². The predicted octanol–water partition coefficient (Wildman–Crippen LogP) is 0.866. The maximum Gasteiger partial charge on any atom is 0.329 e. The summed E-state index contributed by atoms with van der Waals surface area (Å²) in [6.45, 7) is -0.0561. The van der Waals surface area contributed by atoms with Crippen molar-refractivity contribution in [1.29, 1.82) is 0 Å².